The van der Waals surface area contributed by atoms with E-state index in [0.717, 1.165) is 45.1 Å². The van der Waals surface area contributed by atoms with E-state index in [1.807, 2.05) is 18.2 Å². The zero-order valence-electron chi connectivity index (χ0n) is 13.7. The number of benzene rings is 1. The molecule has 1 rings (SSSR count). The number of aliphatic hydroxyl groups excluding tert-OH is 1. The van der Waals surface area contributed by atoms with E-state index >= 15 is 0 Å². The lowest BCUT2D eigenvalue weighted by Gasteiger charge is -2.16. The van der Waals surface area contributed by atoms with Crippen molar-refractivity contribution in [3.05, 3.63) is 35.9 Å². The van der Waals surface area contributed by atoms with Crippen LogP contribution >= 0.6 is 0 Å². The summed E-state index contributed by atoms with van der Waals surface area (Å²) in [4.78, 5) is 0. The number of hydrogen-bond acceptors (Lipinski definition) is 4. The van der Waals surface area contributed by atoms with Crippen LogP contribution in [-0.2, 0) is 20.8 Å². The molecule has 0 saturated heterocycles. The number of ether oxygens (including phenoxy) is 3. The van der Waals surface area contributed by atoms with Gasteiger partial charge in [0.05, 0.1) is 12.7 Å². The lowest BCUT2D eigenvalue weighted by molar-refractivity contribution is -0.0783. The highest BCUT2D eigenvalue weighted by molar-refractivity contribution is 5.13. The fourth-order valence-corrected chi connectivity index (χ4v) is 2.31. The van der Waals surface area contributed by atoms with E-state index in [2.05, 4.69) is 12.1 Å². The van der Waals surface area contributed by atoms with Gasteiger partial charge in [-0.2, -0.15) is 0 Å². The van der Waals surface area contributed by atoms with E-state index in [-0.39, 0.29) is 12.7 Å². The van der Waals surface area contributed by atoms with E-state index in [1.165, 1.54) is 5.56 Å². The predicted molar refractivity (Wildman–Crippen MR) is 87.6 cm³/mol. The molecule has 0 aliphatic heterocycles. The number of hydrogen-bond donors (Lipinski definition) is 1. The maximum absolute atomic E-state index is 8.90. The van der Waals surface area contributed by atoms with Crippen LogP contribution in [-0.4, -0.2) is 38.3 Å². The van der Waals surface area contributed by atoms with E-state index in [1.54, 1.807) is 7.11 Å². The molecule has 0 amide bonds. The molecule has 0 saturated carbocycles. The van der Waals surface area contributed by atoms with Crippen LogP contribution in [0.15, 0.2) is 30.3 Å². The molecule has 0 spiro atoms. The monoisotopic (exact) mass is 310 g/mol. The normalized spacial score (nSPS) is 12.5. The minimum atomic E-state index is 0.192. The molecule has 126 valence electrons. The first-order valence-electron chi connectivity index (χ1n) is 8.20. The van der Waals surface area contributed by atoms with Crippen molar-refractivity contribution in [2.45, 2.75) is 51.2 Å². The molecule has 1 atom stereocenters. The quantitative estimate of drug-likeness (QED) is 0.422. The lowest BCUT2D eigenvalue weighted by atomic mass is 10.1. The van der Waals surface area contributed by atoms with Crippen molar-refractivity contribution in [3.8, 4) is 0 Å². The van der Waals surface area contributed by atoms with Gasteiger partial charge in [0.15, 0.2) is 0 Å². The fraction of sp³-hybridized carbons (Fsp3) is 0.667. The number of unbranched alkanes of at least 4 members (excludes halogenated alkanes) is 2. The fourth-order valence-electron chi connectivity index (χ4n) is 2.31. The third-order valence-electron chi connectivity index (χ3n) is 3.53. The third kappa shape index (κ3) is 9.90. The van der Waals surface area contributed by atoms with Gasteiger partial charge < -0.3 is 19.3 Å². The van der Waals surface area contributed by atoms with Gasteiger partial charge in [-0.05, 0) is 31.2 Å². The van der Waals surface area contributed by atoms with Crippen LogP contribution in [0.4, 0.5) is 0 Å². The Hall–Kier alpha value is -0.940. The molecule has 0 radical (unpaired) electrons. The largest absolute Gasteiger partial charge is 0.396 e. The molecule has 0 bridgehead atoms. The Morgan fingerprint density at radius 1 is 1.00 bits per heavy atom. The van der Waals surface area contributed by atoms with Crippen molar-refractivity contribution in [2.24, 2.45) is 0 Å². The van der Waals surface area contributed by atoms with Crippen LogP contribution < -0.4 is 0 Å². The first kappa shape index (κ1) is 19.1. The molecule has 4 nitrogen and oxygen atoms in total. The van der Waals surface area contributed by atoms with Gasteiger partial charge in [0.1, 0.15) is 6.79 Å². The van der Waals surface area contributed by atoms with Crippen molar-refractivity contribution in [2.75, 3.05) is 27.1 Å². The number of rotatable bonds is 14. The molecule has 0 fully saturated rings. The Balaban J connectivity index is 2.00. The maximum atomic E-state index is 8.90. The zero-order chi connectivity index (χ0) is 15.9. The first-order chi connectivity index (χ1) is 10.9. The summed E-state index contributed by atoms with van der Waals surface area (Å²) in [6.45, 7) is 2.04. The van der Waals surface area contributed by atoms with Crippen molar-refractivity contribution in [1.82, 2.24) is 0 Å². The summed E-state index contributed by atoms with van der Waals surface area (Å²) in [6, 6.07) is 10.2. The second-order valence-corrected chi connectivity index (χ2v) is 5.45. The Labute approximate surface area is 134 Å². The molecular formula is C18H30O4. The molecule has 0 aliphatic carbocycles. The highest BCUT2D eigenvalue weighted by Gasteiger charge is 2.08. The molecule has 1 N–H and O–H groups in total. The van der Waals surface area contributed by atoms with E-state index in [9.17, 15) is 0 Å². The topological polar surface area (TPSA) is 47.9 Å². The molecule has 0 aliphatic rings. The molecule has 0 heterocycles. The zero-order valence-corrected chi connectivity index (χ0v) is 13.7. The van der Waals surface area contributed by atoms with Gasteiger partial charge in [0.25, 0.3) is 0 Å². The average molecular weight is 310 g/mol. The number of methoxy groups -OCH3 is 1. The predicted octanol–water partition coefficient (Wildman–Crippen LogP) is 3.53. The lowest BCUT2D eigenvalue weighted by Crippen LogP contribution is -2.15. The van der Waals surface area contributed by atoms with Crippen LogP contribution in [0.25, 0.3) is 0 Å². The second-order valence-electron chi connectivity index (χ2n) is 5.45. The van der Waals surface area contributed by atoms with Gasteiger partial charge in [-0.1, -0.05) is 43.2 Å². The molecule has 0 aromatic heterocycles. The Morgan fingerprint density at radius 2 is 1.77 bits per heavy atom. The Morgan fingerprint density at radius 3 is 2.50 bits per heavy atom. The van der Waals surface area contributed by atoms with Gasteiger partial charge in [0.2, 0.25) is 0 Å². The minimum absolute atomic E-state index is 0.192. The molecule has 22 heavy (non-hydrogen) atoms. The van der Waals surface area contributed by atoms with Crippen LogP contribution in [0.5, 0.6) is 0 Å². The first-order valence-corrected chi connectivity index (χ1v) is 8.20. The standard InChI is InChI=1S/C18H30O4/c1-20-16-22-18(12-8-13-19)11-6-3-7-14-21-15-17-9-4-2-5-10-17/h2,4-5,9-10,18-19H,3,6-8,11-16H2,1H3/t18-/m1/s1. The summed E-state index contributed by atoms with van der Waals surface area (Å²) in [5.41, 5.74) is 1.22. The summed E-state index contributed by atoms with van der Waals surface area (Å²) in [5, 5.41) is 8.90. The van der Waals surface area contributed by atoms with Crippen LogP contribution in [0.2, 0.25) is 0 Å². The summed E-state index contributed by atoms with van der Waals surface area (Å²) in [5.74, 6) is 0. The van der Waals surface area contributed by atoms with Gasteiger partial charge in [-0.25, -0.2) is 0 Å². The molecular weight excluding hydrogens is 280 g/mol. The van der Waals surface area contributed by atoms with Crippen molar-refractivity contribution < 1.29 is 19.3 Å². The van der Waals surface area contributed by atoms with E-state index < -0.39 is 0 Å². The molecule has 0 unspecified atom stereocenters. The highest BCUT2D eigenvalue weighted by Crippen LogP contribution is 2.12. The van der Waals surface area contributed by atoms with Crippen molar-refractivity contribution in [3.63, 3.8) is 0 Å². The Bertz CT molecular complexity index is 334. The summed E-state index contributed by atoms with van der Waals surface area (Å²) in [6.07, 6.45) is 6.22. The average Bonchev–Trinajstić information content (AvgIpc) is 2.56. The Kier molecular flexibility index (Phi) is 11.9. The van der Waals surface area contributed by atoms with Gasteiger partial charge in [0, 0.05) is 20.3 Å². The highest BCUT2D eigenvalue weighted by atomic mass is 16.7. The summed E-state index contributed by atoms with van der Waals surface area (Å²) in [7, 11) is 1.63. The minimum Gasteiger partial charge on any atom is -0.396 e. The third-order valence-corrected chi connectivity index (χ3v) is 3.53. The van der Waals surface area contributed by atoms with Crippen molar-refractivity contribution >= 4 is 0 Å². The summed E-state index contributed by atoms with van der Waals surface area (Å²) < 4.78 is 16.2. The van der Waals surface area contributed by atoms with E-state index in [0.29, 0.717) is 13.4 Å². The summed E-state index contributed by atoms with van der Waals surface area (Å²) >= 11 is 0. The molecule has 1 aromatic rings. The maximum Gasteiger partial charge on any atom is 0.146 e. The van der Waals surface area contributed by atoms with Crippen LogP contribution in [0.3, 0.4) is 0 Å². The number of aliphatic hydroxyl groups is 1. The van der Waals surface area contributed by atoms with Crippen LogP contribution in [0, 0.1) is 0 Å². The van der Waals surface area contributed by atoms with Crippen LogP contribution in [0.1, 0.15) is 44.1 Å². The molecule has 1 aromatic carbocycles. The second kappa shape index (κ2) is 13.7. The van der Waals surface area contributed by atoms with Crippen molar-refractivity contribution in [1.29, 1.82) is 0 Å². The van der Waals surface area contributed by atoms with Gasteiger partial charge in [-0.3, -0.25) is 0 Å². The van der Waals surface area contributed by atoms with Gasteiger partial charge in [-0.15, -0.1) is 0 Å². The SMILES string of the molecule is COCO[C@@H](CCCO)CCCCCOCc1ccccc1. The van der Waals surface area contributed by atoms with Gasteiger partial charge >= 0.3 is 0 Å². The smallest absolute Gasteiger partial charge is 0.146 e. The van der Waals surface area contributed by atoms with E-state index in [4.69, 9.17) is 19.3 Å². The molecule has 4 heteroatoms.